The third-order valence-electron chi connectivity index (χ3n) is 3.09. The zero-order valence-electron chi connectivity index (χ0n) is 12.5. The number of nitrogens with zero attached hydrogens (tertiary/aromatic N) is 1. The predicted molar refractivity (Wildman–Crippen MR) is 76.5 cm³/mol. The number of amides is 1. The van der Waals surface area contributed by atoms with E-state index < -0.39 is 0 Å². The summed E-state index contributed by atoms with van der Waals surface area (Å²) in [6.07, 6.45) is 0. The molecule has 4 heteroatoms. The second-order valence-electron chi connectivity index (χ2n) is 5.89. The van der Waals surface area contributed by atoms with Gasteiger partial charge in [-0.05, 0) is 29.0 Å². The standard InChI is InChI=1S/C15H24N2O2/c1-11-6-7-13(15(2,3)4)8-12(11)9-19-10-14(18)17(5)16/h6-8H,9-10,16H2,1-5H3. The molecule has 2 N–H and O–H groups in total. The molecule has 1 aromatic carbocycles. The highest BCUT2D eigenvalue weighted by atomic mass is 16.5. The SMILES string of the molecule is Cc1ccc(C(C)(C)C)cc1COCC(=O)N(C)N. The summed E-state index contributed by atoms with van der Waals surface area (Å²) in [5, 5.41) is 1.04. The fourth-order valence-corrected chi connectivity index (χ4v) is 1.64. The molecule has 1 amide bonds. The van der Waals surface area contributed by atoms with E-state index in [-0.39, 0.29) is 17.9 Å². The number of hydrazine groups is 1. The molecule has 0 spiro atoms. The molecule has 106 valence electrons. The number of aryl methyl sites for hydroxylation is 1. The van der Waals surface area contributed by atoms with Crippen molar-refractivity contribution in [3.05, 3.63) is 34.9 Å². The lowest BCUT2D eigenvalue weighted by Gasteiger charge is -2.21. The van der Waals surface area contributed by atoms with Crippen molar-refractivity contribution < 1.29 is 9.53 Å². The van der Waals surface area contributed by atoms with E-state index in [1.54, 1.807) is 0 Å². The first kappa shape index (κ1) is 15.7. The van der Waals surface area contributed by atoms with Crippen LogP contribution in [0.5, 0.6) is 0 Å². The summed E-state index contributed by atoms with van der Waals surface area (Å²) in [5.74, 6) is 5.10. The molecule has 1 rings (SSSR count). The summed E-state index contributed by atoms with van der Waals surface area (Å²) in [5.41, 5.74) is 3.65. The first-order valence-corrected chi connectivity index (χ1v) is 6.41. The molecule has 1 aromatic rings. The van der Waals surface area contributed by atoms with Crippen LogP contribution in [0.2, 0.25) is 0 Å². The molecule has 0 heterocycles. The highest BCUT2D eigenvalue weighted by Crippen LogP contribution is 2.24. The van der Waals surface area contributed by atoms with Crippen LogP contribution in [-0.4, -0.2) is 24.6 Å². The lowest BCUT2D eigenvalue weighted by molar-refractivity contribution is -0.135. The van der Waals surface area contributed by atoms with Crippen LogP contribution in [0.3, 0.4) is 0 Å². The number of carbonyl (C=O) groups is 1. The fourth-order valence-electron chi connectivity index (χ4n) is 1.64. The Bertz CT molecular complexity index is 448. The Morgan fingerprint density at radius 1 is 1.37 bits per heavy atom. The Balaban J connectivity index is 2.70. The van der Waals surface area contributed by atoms with Gasteiger partial charge in [-0.1, -0.05) is 39.0 Å². The Morgan fingerprint density at radius 3 is 2.53 bits per heavy atom. The van der Waals surface area contributed by atoms with Gasteiger partial charge in [0.15, 0.2) is 0 Å². The van der Waals surface area contributed by atoms with Crippen molar-refractivity contribution in [1.29, 1.82) is 0 Å². The van der Waals surface area contributed by atoms with Crippen LogP contribution < -0.4 is 5.84 Å². The number of carbonyl (C=O) groups excluding carboxylic acids is 1. The number of hydrogen-bond donors (Lipinski definition) is 1. The molecular weight excluding hydrogens is 240 g/mol. The van der Waals surface area contributed by atoms with Gasteiger partial charge >= 0.3 is 0 Å². The Morgan fingerprint density at radius 2 is 2.00 bits per heavy atom. The summed E-state index contributed by atoms with van der Waals surface area (Å²) in [6.45, 7) is 9.00. The quantitative estimate of drug-likeness (QED) is 0.515. The topological polar surface area (TPSA) is 55.6 Å². The van der Waals surface area contributed by atoms with E-state index in [1.807, 2.05) is 6.92 Å². The Hall–Kier alpha value is -1.39. The van der Waals surface area contributed by atoms with Gasteiger partial charge in [0, 0.05) is 7.05 Å². The van der Waals surface area contributed by atoms with E-state index in [1.165, 1.54) is 18.2 Å². The molecule has 0 atom stereocenters. The van der Waals surface area contributed by atoms with E-state index in [0.29, 0.717) is 6.61 Å². The van der Waals surface area contributed by atoms with Gasteiger partial charge in [0.05, 0.1) is 6.61 Å². The third kappa shape index (κ3) is 4.65. The van der Waals surface area contributed by atoms with Crippen LogP contribution >= 0.6 is 0 Å². The summed E-state index contributed by atoms with van der Waals surface area (Å²) >= 11 is 0. The molecule has 0 aromatic heterocycles. The third-order valence-corrected chi connectivity index (χ3v) is 3.09. The summed E-state index contributed by atoms with van der Waals surface area (Å²) in [6, 6.07) is 6.37. The van der Waals surface area contributed by atoms with Crippen molar-refractivity contribution in [2.45, 2.75) is 39.7 Å². The van der Waals surface area contributed by atoms with E-state index in [4.69, 9.17) is 10.6 Å². The summed E-state index contributed by atoms with van der Waals surface area (Å²) < 4.78 is 5.42. The van der Waals surface area contributed by atoms with Crippen molar-refractivity contribution in [3.8, 4) is 0 Å². The second-order valence-corrected chi connectivity index (χ2v) is 5.89. The molecule has 0 bridgehead atoms. The van der Waals surface area contributed by atoms with Gasteiger partial charge in [0.2, 0.25) is 0 Å². The number of likely N-dealkylation sites (N-methyl/N-ethyl adjacent to an activating group) is 1. The van der Waals surface area contributed by atoms with E-state index in [9.17, 15) is 4.79 Å². The predicted octanol–water partition coefficient (Wildman–Crippen LogP) is 2.14. The van der Waals surface area contributed by atoms with Crippen LogP contribution in [0.4, 0.5) is 0 Å². The average molecular weight is 264 g/mol. The van der Waals surface area contributed by atoms with Crippen molar-refractivity contribution in [2.24, 2.45) is 5.84 Å². The molecule has 0 saturated carbocycles. The van der Waals surface area contributed by atoms with Crippen LogP contribution in [0.15, 0.2) is 18.2 Å². The van der Waals surface area contributed by atoms with Crippen LogP contribution in [0, 0.1) is 6.92 Å². The van der Waals surface area contributed by atoms with Gasteiger partial charge in [-0.15, -0.1) is 0 Å². The molecule has 0 aliphatic heterocycles. The maximum absolute atomic E-state index is 11.3. The van der Waals surface area contributed by atoms with Crippen LogP contribution in [-0.2, 0) is 21.6 Å². The molecular formula is C15H24N2O2. The lowest BCUT2D eigenvalue weighted by atomic mass is 9.85. The zero-order valence-corrected chi connectivity index (χ0v) is 12.5. The van der Waals surface area contributed by atoms with Crippen molar-refractivity contribution in [2.75, 3.05) is 13.7 Å². The first-order chi connectivity index (χ1) is 8.71. The normalized spacial score (nSPS) is 11.5. The number of rotatable bonds is 4. The van der Waals surface area contributed by atoms with Gasteiger partial charge in [0.1, 0.15) is 6.61 Å². The largest absolute Gasteiger partial charge is 0.367 e. The second kappa shape index (κ2) is 6.17. The van der Waals surface area contributed by atoms with Crippen LogP contribution in [0.1, 0.15) is 37.5 Å². The average Bonchev–Trinajstić information content (AvgIpc) is 2.29. The first-order valence-electron chi connectivity index (χ1n) is 6.41. The lowest BCUT2D eigenvalue weighted by Crippen LogP contribution is -2.35. The van der Waals surface area contributed by atoms with Gasteiger partial charge in [-0.3, -0.25) is 9.80 Å². The minimum Gasteiger partial charge on any atom is -0.367 e. The Kier molecular flexibility index (Phi) is 5.09. The highest BCUT2D eigenvalue weighted by molar-refractivity contribution is 5.76. The molecule has 0 aliphatic carbocycles. The number of hydrogen-bond acceptors (Lipinski definition) is 3. The van der Waals surface area contributed by atoms with E-state index >= 15 is 0 Å². The maximum atomic E-state index is 11.3. The molecule has 0 aliphatic rings. The van der Waals surface area contributed by atoms with Gasteiger partial charge in [-0.2, -0.15) is 0 Å². The molecule has 0 fully saturated rings. The maximum Gasteiger partial charge on any atom is 0.262 e. The minimum absolute atomic E-state index is 0.00614. The Labute approximate surface area is 115 Å². The van der Waals surface area contributed by atoms with Crippen molar-refractivity contribution >= 4 is 5.91 Å². The molecule has 4 nitrogen and oxygen atoms in total. The van der Waals surface area contributed by atoms with E-state index in [0.717, 1.165) is 10.6 Å². The molecule has 19 heavy (non-hydrogen) atoms. The summed E-state index contributed by atoms with van der Waals surface area (Å²) in [4.78, 5) is 11.3. The van der Waals surface area contributed by atoms with Crippen molar-refractivity contribution in [1.82, 2.24) is 5.01 Å². The smallest absolute Gasteiger partial charge is 0.262 e. The zero-order chi connectivity index (χ0) is 14.6. The van der Waals surface area contributed by atoms with Crippen LogP contribution in [0.25, 0.3) is 0 Å². The summed E-state index contributed by atoms with van der Waals surface area (Å²) in [7, 11) is 1.51. The van der Waals surface area contributed by atoms with Gasteiger partial charge < -0.3 is 4.74 Å². The number of ether oxygens (including phenoxy) is 1. The van der Waals surface area contributed by atoms with Gasteiger partial charge in [0.25, 0.3) is 5.91 Å². The van der Waals surface area contributed by atoms with E-state index in [2.05, 4.69) is 39.0 Å². The number of benzene rings is 1. The highest BCUT2D eigenvalue weighted by Gasteiger charge is 2.15. The molecule has 0 saturated heterocycles. The monoisotopic (exact) mass is 264 g/mol. The fraction of sp³-hybridized carbons (Fsp3) is 0.533. The van der Waals surface area contributed by atoms with Crippen molar-refractivity contribution in [3.63, 3.8) is 0 Å². The minimum atomic E-state index is -0.232. The van der Waals surface area contributed by atoms with Gasteiger partial charge in [-0.25, -0.2) is 5.84 Å². The number of nitrogens with two attached hydrogens (primary N) is 1. The molecule has 0 radical (unpaired) electrons. The molecule has 0 unspecified atom stereocenters.